The molecule has 2 aromatic rings. The highest BCUT2D eigenvalue weighted by Crippen LogP contribution is 2.39. The number of ether oxygens (including phenoxy) is 1. The number of nitriles is 1. The van der Waals surface area contributed by atoms with Crippen LogP contribution in [0.4, 0.5) is 10.6 Å². The maximum absolute atomic E-state index is 12.6. The average Bonchev–Trinajstić information content (AvgIpc) is 3.19. The number of aromatic nitrogens is 2. The van der Waals surface area contributed by atoms with Gasteiger partial charge < -0.3 is 15.4 Å². The second-order valence-corrected chi connectivity index (χ2v) is 9.60. The van der Waals surface area contributed by atoms with E-state index in [9.17, 15) is 10.1 Å². The lowest BCUT2D eigenvalue weighted by atomic mass is 9.84. The van der Waals surface area contributed by atoms with Gasteiger partial charge in [-0.05, 0) is 51.3 Å². The second kappa shape index (κ2) is 8.40. The molecule has 4 rings (SSSR count). The van der Waals surface area contributed by atoms with Crippen LogP contribution in [0.15, 0.2) is 35.5 Å². The molecule has 0 aliphatic carbocycles. The molecule has 2 aliphatic rings. The highest BCUT2D eigenvalue weighted by atomic mass is 16.6. The van der Waals surface area contributed by atoms with Gasteiger partial charge in [-0.1, -0.05) is 19.1 Å². The molecule has 1 aromatic carbocycles. The van der Waals surface area contributed by atoms with Crippen molar-refractivity contribution in [1.29, 1.82) is 5.26 Å². The van der Waals surface area contributed by atoms with Crippen molar-refractivity contribution in [1.82, 2.24) is 14.7 Å². The maximum atomic E-state index is 12.6. The van der Waals surface area contributed by atoms with Crippen LogP contribution < -0.4 is 5.73 Å². The van der Waals surface area contributed by atoms with Gasteiger partial charge in [0.15, 0.2) is 5.82 Å². The molecule has 0 spiro atoms. The van der Waals surface area contributed by atoms with E-state index in [4.69, 9.17) is 15.5 Å². The first-order chi connectivity index (χ1) is 15.2. The molecule has 0 radical (unpaired) electrons. The minimum Gasteiger partial charge on any atom is -0.444 e. The van der Waals surface area contributed by atoms with Gasteiger partial charge in [-0.25, -0.2) is 14.5 Å². The molecule has 3 heterocycles. The van der Waals surface area contributed by atoms with E-state index in [2.05, 4.69) is 18.1 Å². The third-order valence-electron chi connectivity index (χ3n) is 6.06. The maximum Gasteiger partial charge on any atom is 0.410 e. The molecule has 0 saturated carbocycles. The number of piperidine rings is 1. The Morgan fingerprint density at radius 1 is 1.34 bits per heavy atom. The SMILES string of the molecule is CC1C(C2CCCN(C(=O)OC(C)(C)C)C2)=Nc2c(-c3cccc(C#N)c3)cnn2C1N. The number of rotatable bonds is 2. The van der Waals surface area contributed by atoms with E-state index >= 15 is 0 Å². The summed E-state index contributed by atoms with van der Waals surface area (Å²) in [5.41, 5.74) is 9.36. The summed E-state index contributed by atoms with van der Waals surface area (Å²) < 4.78 is 7.35. The van der Waals surface area contributed by atoms with E-state index in [-0.39, 0.29) is 24.1 Å². The molecule has 1 aromatic heterocycles. The monoisotopic (exact) mass is 434 g/mol. The fraction of sp³-hybridized carbons (Fsp3) is 0.500. The molecule has 1 saturated heterocycles. The predicted molar refractivity (Wildman–Crippen MR) is 122 cm³/mol. The Kier molecular flexibility index (Phi) is 5.78. The molecular formula is C24H30N6O2. The van der Waals surface area contributed by atoms with Crippen molar-refractivity contribution in [2.75, 3.05) is 13.1 Å². The van der Waals surface area contributed by atoms with Gasteiger partial charge in [0, 0.05) is 36.2 Å². The summed E-state index contributed by atoms with van der Waals surface area (Å²) >= 11 is 0. The Hall–Kier alpha value is -3.18. The van der Waals surface area contributed by atoms with Gasteiger partial charge in [-0.3, -0.25) is 0 Å². The lowest BCUT2D eigenvalue weighted by Crippen LogP contribution is -2.47. The first-order valence-electron chi connectivity index (χ1n) is 11.1. The van der Waals surface area contributed by atoms with E-state index in [1.54, 1.807) is 21.8 Å². The Bertz CT molecular complexity index is 1090. The van der Waals surface area contributed by atoms with E-state index < -0.39 is 5.60 Å². The van der Waals surface area contributed by atoms with Gasteiger partial charge in [0.2, 0.25) is 0 Å². The Morgan fingerprint density at radius 2 is 2.12 bits per heavy atom. The summed E-state index contributed by atoms with van der Waals surface area (Å²) in [4.78, 5) is 19.5. The molecule has 3 atom stereocenters. The standard InChI is InChI=1S/C24H30N6O2/c1-15-20(18-9-6-10-29(14-18)23(31)32-24(2,3)4)28-22-19(13-27-30(22)21(15)26)17-8-5-7-16(11-17)12-25/h5,7-8,11,13,15,18,21H,6,9-10,14,26H2,1-4H3. The molecule has 8 nitrogen and oxygen atoms in total. The lowest BCUT2D eigenvalue weighted by Gasteiger charge is -2.38. The van der Waals surface area contributed by atoms with Crippen LogP contribution in [0.25, 0.3) is 11.1 Å². The van der Waals surface area contributed by atoms with Crippen LogP contribution in [-0.4, -0.2) is 45.2 Å². The van der Waals surface area contributed by atoms with Crippen LogP contribution in [0.2, 0.25) is 0 Å². The molecule has 1 fully saturated rings. The van der Waals surface area contributed by atoms with Crippen LogP contribution in [0.3, 0.4) is 0 Å². The topological polar surface area (TPSA) is 110 Å². The summed E-state index contributed by atoms with van der Waals surface area (Å²) in [5.74, 6) is 0.804. The molecule has 2 aliphatic heterocycles. The molecular weight excluding hydrogens is 404 g/mol. The molecule has 32 heavy (non-hydrogen) atoms. The summed E-state index contributed by atoms with van der Waals surface area (Å²) in [6.45, 7) is 8.95. The lowest BCUT2D eigenvalue weighted by molar-refractivity contribution is 0.0192. The zero-order valence-electron chi connectivity index (χ0n) is 19.1. The summed E-state index contributed by atoms with van der Waals surface area (Å²) in [7, 11) is 0. The molecule has 0 bridgehead atoms. The highest BCUT2D eigenvalue weighted by Gasteiger charge is 2.37. The number of likely N-dealkylation sites (tertiary alicyclic amines) is 1. The van der Waals surface area contributed by atoms with Crippen molar-refractivity contribution in [2.24, 2.45) is 22.6 Å². The zero-order valence-corrected chi connectivity index (χ0v) is 19.1. The quantitative estimate of drug-likeness (QED) is 0.760. The Labute approximate surface area is 188 Å². The third kappa shape index (κ3) is 4.26. The van der Waals surface area contributed by atoms with Crippen LogP contribution >= 0.6 is 0 Å². The first kappa shape index (κ1) is 22.0. The van der Waals surface area contributed by atoms with Gasteiger partial charge in [0.05, 0.1) is 17.8 Å². The van der Waals surface area contributed by atoms with Crippen molar-refractivity contribution in [3.05, 3.63) is 36.0 Å². The van der Waals surface area contributed by atoms with E-state index in [0.717, 1.165) is 29.7 Å². The highest BCUT2D eigenvalue weighted by molar-refractivity contribution is 5.94. The molecule has 1 amide bonds. The van der Waals surface area contributed by atoms with Crippen LogP contribution in [0, 0.1) is 23.2 Å². The number of carbonyl (C=O) groups is 1. The van der Waals surface area contributed by atoms with Crippen molar-refractivity contribution in [3.63, 3.8) is 0 Å². The third-order valence-corrected chi connectivity index (χ3v) is 6.06. The summed E-state index contributed by atoms with van der Waals surface area (Å²) in [5, 5.41) is 13.8. The summed E-state index contributed by atoms with van der Waals surface area (Å²) in [6, 6.07) is 9.59. The number of carbonyl (C=O) groups excluding carboxylic acids is 1. The molecule has 168 valence electrons. The van der Waals surface area contributed by atoms with Crippen molar-refractivity contribution >= 4 is 17.6 Å². The van der Waals surface area contributed by atoms with Gasteiger partial charge in [0.1, 0.15) is 11.8 Å². The largest absolute Gasteiger partial charge is 0.444 e. The van der Waals surface area contributed by atoms with Crippen molar-refractivity contribution < 1.29 is 9.53 Å². The second-order valence-electron chi connectivity index (χ2n) is 9.60. The number of benzene rings is 1. The van der Waals surface area contributed by atoms with E-state index in [1.807, 2.05) is 39.0 Å². The van der Waals surface area contributed by atoms with Crippen LogP contribution in [-0.2, 0) is 4.74 Å². The zero-order chi connectivity index (χ0) is 23.0. The fourth-order valence-electron chi connectivity index (χ4n) is 4.43. The molecule has 2 N–H and O–H groups in total. The fourth-order valence-corrected chi connectivity index (χ4v) is 4.43. The Morgan fingerprint density at radius 3 is 2.84 bits per heavy atom. The minimum atomic E-state index is -0.526. The van der Waals surface area contributed by atoms with Gasteiger partial charge in [-0.2, -0.15) is 10.4 Å². The van der Waals surface area contributed by atoms with Gasteiger partial charge >= 0.3 is 6.09 Å². The number of nitrogens with two attached hydrogens (primary N) is 1. The number of fused-ring (bicyclic) bond motifs is 1. The predicted octanol–water partition coefficient (Wildman–Crippen LogP) is 4.25. The van der Waals surface area contributed by atoms with E-state index in [0.29, 0.717) is 24.5 Å². The number of hydrogen-bond acceptors (Lipinski definition) is 6. The Balaban J connectivity index is 1.65. The smallest absolute Gasteiger partial charge is 0.410 e. The number of amides is 1. The van der Waals surface area contributed by atoms with E-state index in [1.165, 1.54) is 0 Å². The number of nitrogens with zero attached hydrogens (tertiary/aromatic N) is 5. The van der Waals surface area contributed by atoms with Crippen LogP contribution in [0.1, 0.15) is 52.3 Å². The van der Waals surface area contributed by atoms with Crippen molar-refractivity contribution in [3.8, 4) is 17.2 Å². The summed E-state index contributed by atoms with van der Waals surface area (Å²) in [6.07, 6.45) is 2.97. The molecule has 3 unspecified atom stereocenters. The van der Waals surface area contributed by atoms with Gasteiger partial charge in [-0.15, -0.1) is 0 Å². The normalized spacial score (nSPS) is 23.2. The number of hydrogen-bond donors (Lipinski definition) is 1. The van der Waals surface area contributed by atoms with Crippen LogP contribution in [0.5, 0.6) is 0 Å². The average molecular weight is 435 g/mol. The van der Waals surface area contributed by atoms with Gasteiger partial charge in [0.25, 0.3) is 0 Å². The van der Waals surface area contributed by atoms with Crippen molar-refractivity contribution in [2.45, 2.75) is 52.3 Å². The minimum absolute atomic E-state index is 0.00993. The number of aliphatic imine (C=N–C) groups is 1. The first-order valence-corrected chi connectivity index (χ1v) is 11.1. The molecule has 8 heteroatoms.